The maximum atomic E-state index is 12.4. The molecule has 1 aromatic carbocycles. The second-order valence-electron chi connectivity index (χ2n) is 5.89. The third kappa shape index (κ3) is 3.47. The molecule has 1 fully saturated rings. The minimum atomic E-state index is -0.558. The van der Waals surface area contributed by atoms with Gasteiger partial charge in [0.05, 0.1) is 10.0 Å². The second kappa shape index (κ2) is 6.95. The molecule has 1 N–H and O–H groups in total. The molecule has 1 amide bonds. The van der Waals surface area contributed by atoms with Gasteiger partial charge in [0.1, 0.15) is 5.54 Å². The zero-order chi connectivity index (χ0) is 17.2. The summed E-state index contributed by atoms with van der Waals surface area (Å²) in [6.07, 6.45) is 6.71. The van der Waals surface area contributed by atoms with Crippen LogP contribution in [0.15, 0.2) is 28.8 Å². The summed E-state index contributed by atoms with van der Waals surface area (Å²) in [5.41, 5.74) is 0.132. The van der Waals surface area contributed by atoms with Crippen molar-refractivity contribution < 1.29 is 9.32 Å². The van der Waals surface area contributed by atoms with Gasteiger partial charge >= 0.3 is 0 Å². The molecule has 0 bridgehead atoms. The van der Waals surface area contributed by atoms with Gasteiger partial charge in [0.2, 0.25) is 11.8 Å². The maximum absolute atomic E-state index is 12.4. The summed E-state index contributed by atoms with van der Waals surface area (Å²) in [6, 6.07) is 5.28. The largest absolute Gasteiger partial charge is 0.340 e. The maximum Gasteiger partial charge on any atom is 0.244 e. The number of rotatable bonds is 4. The van der Waals surface area contributed by atoms with E-state index in [0.29, 0.717) is 27.3 Å². The lowest BCUT2D eigenvalue weighted by Gasteiger charge is -2.25. The Morgan fingerprint density at radius 2 is 2.08 bits per heavy atom. The van der Waals surface area contributed by atoms with Crippen molar-refractivity contribution in [1.29, 1.82) is 0 Å². The highest BCUT2D eigenvalue weighted by molar-refractivity contribution is 6.42. The van der Waals surface area contributed by atoms with E-state index in [1.807, 2.05) is 0 Å². The molecule has 24 heavy (non-hydrogen) atoms. The van der Waals surface area contributed by atoms with Crippen LogP contribution in [0.3, 0.4) is 0 Å². The van der Waals surface area contributed by atoms with Crippen LogP contribution in [0.1, 0.15) is 43.0 Å². The lowest BCUT2D eigenvalue weighted by Crippen LogP contribution is -2.44. The van der Waals surface area contributed by atoms with E-state index in [-0.39, 0.29) is 5.91 Å². The van der Waals surface area contributed by atoms with Gasteiger partial charge < -0.3 is 9.84 Å². The molecule has 2 aromatic rings. The Hall–Kier alpha value is -1.85. The zero-order valence-corrected chi connectivity index (χ0v) is 14.7. The number of hydrogen-bond donors (Lipinski definition) is 1. The van der Waals surface area contributed by atoms with E-state index in [9.17, 15) is 4.79 Å². The van der Waals surface area contributed by atoms with Crippen molar-refractivity contribution in [3.05, 3.63) is 51.6 Å². The molecular weight excluding hydrogens is 349 g/mol. The first-order valence-corrected chi connectivity index (χ1v) is 8.51. The molecule has 126 valence electrons. The molecule has 1 aliphatic rings. The van der Waals surface area contributed by atoms with Crippen molar-refractivity contribution in [1.82, 2.24) is 15.5 Å². The topological polar surface area (TPSA) is 68.0 Å². The zero-order valence-electron chi connectivity index (χ0n) is 13.2. The standard InChI is InChI=1S/C17H17Cl2N3O2/c1-11-20-16(22-24-11)17(9-2-3-10-17)21-14(23)8-7-12-5-4-6-13(18)15(12)19/h4-8H,2-3,9-10H2,1H3,(H,21,23). The van der Waals surface area contributed by atoms with Crippen LogP contribution in [0.5, 0.6) is 0 Å². The fraction of sp³-hybridized carbons (Fsp3) is 0.353. The molecule has 3 rings (SSSR count). The van der Waals surface area contributed by atoms with Gasteiger partial charge in [-0.3, -0.25) is 4.79 Å². The number of amides is 1. The lowest BCUT2D eigenvalue weighted by molar-refractivity contribution is -0.118. The van der Waals surface area contributed by atoms with Crippen LogP contribution < -0.4 is 5.32 Å². The van der Waals surface area contributed by atoms with Gasteiger partial charge in [-0.1, -0.05) is 53.3 Å². The molecule has 5 nitrogen and oxygen atoms in total. The van der Waals surface area contributed by atoms with Crippen LogP contribution in [0, 0.1) is 6.92 Å². The van der Waals surface area contributed by atoms with Gasteiger partial charge in [-0.15, -0.1) is 0 Å². The molecule has 1 saturated carbocycles. The first kappa shape index (κ1) is 17.0. The van der Waals surface area contributed by atoms with E-state index in [0.717, 1.165) is 25.7 Å². The molecule has 7 heteroatoms. The Labute approximate surface area is 150 Å². The Bertz CT molecular complexity index is 780. The molecular formula is C17H17Cl2N3O2. The number of nitrogens with zero attached hydrogens (tertiary/aromatic N) is 2. The molecule has 0 saturated heterocycles. The van der Waals surface area contributed by atoms with Crippen LogP contribution in [-0.2, 0) is 10.3 Å². The van der Waals surface area contributed by atoms with Gasteiger partial charge in [0.15, 0.2) is 5.82 Å². The van der Waals surface area contributed by atoms with Crippen molar-refractivity contribution >= 4 is 35.2 Å². The van der Waals surface area contributed by atoms with Crippen molar-refractivity contribution in [3.63, 3.8) is 0 Å². The van der Waals surface area contributed by atoms with Gasteiger partial charge in [0, 0.05) is 13.0 Å². The average Bonchev–Trinajstić information content (AvgIpc) is 3.19. The monoisotopic (exact) mass is 365 g/mol. The average molecular weight is 366 g/mol. The molecule has 0 unspecified atom stereocenters. The molecule has 1 aliphatic carbocycles. The first-order chi connectivity index (χ1) is 11.5. The highest BCUT2D eigenvalue weighted by Gasteiger charge is 2.40. The summed E-state index contributed by atoms with van der Waals surface area (Å²) in [7, 11) is 0. The number of aryl methyl sites for hydroxylation is 1. The number of nitrogens with one attached hydrogen (secondary N) is 1. The van der Waals surface area contributed by atoms with Gasteiger partial charge in [-0.25, -0.2) is 0 Å². The van der Waals surface area contributed by atoms with Crippen LogP contribution in [-0.4, -0.2) is 16.0 Å². The Balaban J connectivity index is 1.77. The molecule has 0 spiro atoms. The van der Waals surface area contributed by atoms with E-state index >= 15 is 0 Å². The van der Waals surface area contributed by atoms with E-state index in [1.54, 1.807) is 31.2 Å². The molecule has 0 aliphatic heterocycles. The van der Waals surface area contributed by atoms with Gasteiger partial charge in [-0.05, 0) is 30.5 Å². The summed E-state index contributed by atoms with van der Waals surface area (Å²) in [5, 5.41) is 7.92. The smallest absolute Gasteiger partial charge is 0.244 e. The highest BCUT2D eigenvalue weighted by atomic mass is 35.5. The van der Waals surface area contributed by atoms with E-state index in [4.69, 9.17) is 27.7 Å². The molecule has 0 radical (unpaired) electrons. The number of carbonyl (C=O) groups is 1. The van der Waals surface area contributed by atoms with Crippen molar-refractivity contribution in [3.8, 4) is 0 Å². The number of hydrogen-bond acceptors (Lipinski definition) is 4. The number of benzene rings is 1. The predicted molar refractivity (Wildman–Crippen MR) is 92.8 cm³/mol. The van der Waals surface area contributed by atoms with Crippen molar-refractivity contribution in [2.45, 2.75) is 38.1 Å². The fourth-order valence-electron chi connectivity index (χ4n) is 2.97. The minimum Gasteiger partial charge on any atom is -0.340 e. The Morgan fingerprint density at radius 1 is 1.33 bits per heavy atom. The minimum absolute atomic E-state index is 0.226. The summed E-state index contributed by atoms with van der Waals surface area (Å²) in [4.78, 5) is 16.7. The Morgan fingerprint density at radius 3 is 2.75 bits per heavy atom. The van der Waals surface area contributed by atoms with Crippen LogP contribution in [0.25, 0.3) is 6.08 Å². The van der Waals surface area contributed by atoms with Gasteiger partial charge in [-0.2, -0.15) is 4.98 Å². The Kier molecular flexibility index (Phi) is 4.92. The first-order valence-electron chi connectivity index (χ1n) is 7.75. The van der Waals surface area contributed by atoms with E-state index in [1.165, 1.54) is 6.08 Å². The quantitative estimate of drug-likeness (QED) is 0.820. The number of aromatic nitrogens is 2. The third-order valence-electron chi connectivity index (χ3n) is 4.17. The normalized spacial score (nSPS) is 16.6. The molecule has 1 aromatic heterocycles. The van der Waals surface area contributed by atoms with Crippen molar-refractivity contribution in [2.75, 3.05) is 0 Å². The summed E-state index contributed by atoms with van der Waals surface area (Å²) in [6.45, 7) is 1.74. The van der Waals surface area contributed by atoms with Gasteiger partial charge in [0.25, 0.3) is 0 Å². The fourth-order valence-corrected chi connectivity index (χ4v) is 3.34. The van der Waals surface area contributed by atoms with Crippen LogP contribution in [0.2, 0.25) is 10.0 Å². The van der Waals surface area contributed by atoms with Crippen molar-refractivity contribution in [2.24, 2.45) is 0 Å². The van der Waals surface area contributed by atoms with Crippen LogP contribution in [0.4, 0.5) is 0 Å². The highest BCUT2D eigenvalue weighted by Crippen LogP contribution is 2.37. The van der Waals surface area contributed by atoms with E-state index in [2.05, 4.69) is 15.5 Å². The molecule has 0 atom stereocenters. The number of carbonyl (C=O) groups excluding carboxylic acids is 1. The molecule has 1 heterocycles. The third-order valence-corrected chi connectivity index (χ3v) is 5.00. The summed E-state index contributed by atoms with van der Waals surface area (Å²) < 4.78 is 5.08. The SMILES string of the molecule is Cc1nc(C2(NC(=O)C=Cc3cccc(Cl)c3Cl)CCCC2)no1. The van der Waals surface area contributed by atoms with Crippen LogP contribution >= 0.6 is 23.2 Å². The lowest BCUT2D eigenvalue weighted by atomic mass is 9.96. The number of halogens is 2. The summed E-state index contributed by atoms with van der Waals surface area (Å²) in [5.74, 6) is 0.808. The second-order valence-corrected chi connectivity index (χ2v) is 6.68. The van der Waals surface area contributed by atoms with E-state index < -0.39 is 5.54 Å². The predicted octanol–water partition coefficient (Wildman–Crippen LogP) is 4.28. The summed E-state index contributed by atoms with van der Waals surface area (Å²) >= 11 is 12.1.